The number of hydrogen-bond acceptors (Lipinski definition) is 7. The minimum Gasteiger partial charge on any atom is -0.507 e. The molecule has 5 aromatic carbocycles. The minimum absolute atomic E-state index is 0.0861. The average Bonchev–Trinajstić information content (AvgIpc) is 3.16. The zero-order chi connectivity index (χ0) is 34.2. The van der Waals surface area contributed by atoms with Crippen LogP contribution in [0.25, 0.3) is 56.4 Å². The summed E-state index contributed by atoms with van der Waals surface area (Å²) in [4.78, 5) is 27.1. The highest BCUT2D eigenvalue weighted by Crippen LogP contribution is 2.34. The van der Waals surface area contributed by atoms with Gasteiger partial charge in [-0.15, -0.1) is 0 Å². The third-order valence-corrected chi connectivity index (χ3v) is 8.61. The summed E-state index contributed by atoms with van der Waals surface area (Å²) < 4.78 is 11.3. The molecule has 0 aliphatic heterocycles. The number of ether oxygens (including phenoxy) is 2. The Kier molecular flexibility index (Phi) is 10.4. The number of carbonyl (C=O) groups excluding carboxylic acids is 1. The number of hydrogen-bond donors (Lipinski definition) is 1. The van der Waals surface area contributed by atoms with E-state index in [0.717, 1.165) is 46.2 Å². The minimum atomic E-state index is -0.840. The van der Waals surface area contributed by atoms with Gasteiger partial charge in [0.15, 0.2) is 23.6 Å². The van der Waals surface area contributed by atoms with Crippen LogP contribution in [0.15, 0.2) is 127 Å². The fraction of sp³-hybridized carbons (Fsp3) is 0.190. The molecular weight excluding hydrogens is 610 g/mol. The SMILES string of the molecule is CCC(CC)COC(=O)C(C)Oc1ccc(-c2nc(-c3ccc(-c4ccccc4)cc3)nc(-c3ccc(-c4ccccc4)cc3)n2)c(O)c1. The Balaban J connectivity index is 1.31. The molecule has 0 aliphatic carbocycles. The summed E-state index contributed by atoms with van der Waals surface area (Å²) in [7, 11) is 0. The third kappa shape index (κ3) is 8.01. The number of benzene rings is 5. The highest BCUT2D eigenvalue weighted by molar-refractivity contribution is 5.76. The molecule has 6 aromatic rings. The lowest BCUT2D eigenvalue weighted by Crippen LogP contribution is -2.27. The Hall–Kier alpha value is -5.82. The molecule has 7 heteroatoms. The van der Waals surface area contributed by atoms with Gasteiger partial charge in [0.05, 0.1) is 12.2 Å². The molecule has 246 valence electrons. The number of phenols is 1. The van der Waals surface area contributed by atoms with Crippen molar-refractivity contribution in [3.05, 3.63) is 127 Å². The van der Waals surface area contributed by atoms with Crippen LogP contribution >= 0.6 is 0 Å². The first kappa shape index (κ1) is 33.1. The van der Waals surface area contributed by atoms with Crippen LogP contribution in [-0.2, 0) is 9.53 Å². The zero-order valence-electron chi connectivity index (χ0n) is 27.9. The highest BCUT2D eigenvalue weighted by atomic mass is 16.6. The molecule has 0 amide bonds. The monoisotopic (exact) mass is 649 g/mol. The maximum absolute atomic E-state index is 12.6. The maximum atomic E-state index is 12.6. The molecule has 7 nitrogen and oxygen atoms in total. The van der Waals surface area contributed by atoms with E-state index in [0.29, 0.717) is 41.3 Å². The lowest BCUT2D eigenvalue weighted by Gasteiger charge is -2.17. The summed E-state index contributed by atoms with van der Waals surface area (Å²) in [5, 5.41) is 11.2. The molecule has 1 N–H and O–H groups in total. The van der Waals surface area contributed by atoms with E-state index in [2.05, 4.69) is 38.1 Å². The van der Waals surface area contributed by atoms with E-state index < -0.39 is 12.1 Å². The fourth-order valence-corrected chi connectivity index (χ4v) is 5.51. The number of rotatable bonds is 12. The van der Waals surface area contributed by atoms with E-state index in [1.165, 1.54) is 6.07 Å². The van der Waals surface area contributed by atoms with Crippen molar-refractivity contribution in [2.24, 2.45) is 5.92 Å². The third-order valence-electron chi connectivity index (χ3n) is 8.61. The van der Waals surface area contributed by atoms with Crippen molar-refractivity contribution in [3.63, 3.8) is 0 Å². The van der Waals surface area contributed by atoms with Crippen molar-refractivity contribution in [2.75, 3.05) is 6.61 Å². The smallest absolute Gasteiger partial charge is 0.347 e. The summed E-state index contributed by atoms with van der Waals surface area (Å²) >= 11 is 0. The largest absolute Gasteiger partial charge is 0.507 e. The summed E-state index contributed by atoms with van der Waals surface area (Å²) in [5.74, 6) is 1.37. The summed E-state index contributed by atoms with van der Waals surface area (Å²) in [5.41, 5.74) is 6.42. The van der Waals surface area contributed by atoms with E-state index in [-0.39, 0.29) is 5.75 Å². The van der Waals surface area contributed by atoms with Crippen LogP contribution in [0.4, 0.5) is 0 Å². The van der Waals surface area contributed by atoms with Gasteiger partial charge in [-0.25, -0.2) is 19.7 Å². The Morgan fingerprint density at radius 1 is 0.612 bits per heavy atom. The van der Waals surface area contributed by atoms with Gasteiger partial charge in [0.2, 0.25) is 0 Å². The van der Waals surface area contributed by atoms with Crippen LogP contribution in [0.2, 0.25) is 0 Å². The summed E-state index contributed by atoms with van der Waals surface area (Å²) in [6.07, 6.45) is 1.03. The quantitative estimate of drug-likeness (QED) is 0.132. The second-order valence-corrected chi connectivity index (χ2v) is 11.9. The van der Waals surface area contributed by atoms with Gasteiger partial charge in [-0.2, -0.15) is 0 Å². The number of phenolic OH excluding ortho intramolecular Hbond substituents is 1. The van der Waals surface area contributed by atoms with Gasteiger partial charge in [-0.3, -0.25) is 0 Å². The van der Waals surface area contributed by atoms with E-state index in [1.807, 2.05) is 84.9 Å². The van der Waals surface area contributed by atoms with Gasteiger partial charge in [0, 0.05) is 17.2 Å². The van der Waals surface area contributed by atoms with E-state index in [9.17, 15) is 9.90 Å². The van der Waals surface area contributed by atoms with Crippen LogP contribution in [0.3, 0.4) is 0 Å². The molecule has 0 bridgehead atoms. The molecule has 0 fully saturated rings. The van der Waals surface area contributed by atoms with Crippen LogP contribution < -0.4 is 4.74 Å². The van der Waals surface area contributed by atoms with Crippen molar-refractivity contribution >= 4 is 5.97 Å². The van der Waals surface area contributed by atoms with E-state index >= 15 is 0 Å². The lowest BCUT2D eigenvalue weighted by atomic mass is 10.0. The number of esters is 1. The number of carbonyl (C=O) groups is 1. The molecule has 1 atom stereocenters. The highest BCUT2D eigenvalue weighted by Gasteiger charge is 2.20. The van der Waals surface area contributed by atoms with Crippen molar-refractivity contribution in [1.82, 2.24) is 15.0 Å². The van der Waals surface area contributed by atoms with Crippen LogP contribution in [0, 0.1) is 5.92 Å². The Morgan fingerprint density at radius 2 is 1.06 bits per heavy atom. The Bertz CT molecular complexity index is 1890. The first-order chi connectivity index (χ1) is 23.9. The van der Waals surface area contributed by atoms with Crippen LogP contribution in [-0.4, -0.2) is 38.7 Å². The number of aromatic hydroxyl groups is 1. The topological polar surface area (TPSA) is 94.4 Å². The molecule has 1 heterocycles. The molecule has 0 aliphatic rings. The van der Waals surface area contributed by atoms with Gasteiger partial charge < -0.3 is 14.6 Å². The molecular formula is C42H39N3O4. The first-order valence-corrected chi connectivity index (χ1v) is 16.7. The standard InChI is InChI=1S/C42H39N3O4/c1-4-29(5-2)27-48-42(47)28(3)49-36-24-25-37(38(46)26-36)41-44-39(34-20-16-32(17-21-34)30-12-8-6-9-13-30)43-40(45-41)35-22-18-33(19-23-35)31-14-10-7-11-15-31/h6-26,28-29,46H,4-5,27H2,1-3H3. The molecule has 0 saturated heterocycles. The lowest BCUT2D eigenvalue weighted by molar-refractivity contribution is -0.152. The van der Waals surface area contributed by atoms with Gasteiger partial charge >= 0.3 is 5.97 Å². The average molecular weight is 650 g/mol. The van der Waals surface area contributed by atoms with E-state index in [1.54, 1.807) is 19.1 Å². The summed E-state index contributed by atoms with van der Waals surface area (Å²) in [6.45, 7) is 6.15. The van der Waals surface area contributed by atoms with Gasteiger partial charge in [0.25, 0.3) is 0 Å². The Morgan fingerprint density at radius 3 is 1.53 bits per heavy atom. The van der Waals surface area contributed by atoms with Crippen molar-refractivity contribution in [3.8, 4) is 67.9 Å². The van der Waals surface area contributed by atoms with Crippen LogP contribution in [0.5, 0.6) is 11.5 Å². The molecule has 1 unspecified atom stereocenters. The van der Waals surface area contributed by atoms with Gasteiger partial charge in [0.1, 0.15) is 11.5 Å². The van der Waals surface area contributed by atoms with Crippen molar-refractivity contribution in [2.45, 2.75) is 39.7 Å². The van der Waals surface area contributed by atoms with Crippen molar-refractivity contribution < 1.29 is 19.4 Å². The molecule has 6 rings (SSSR count). The second-order valence-electron chi connectivity index (χ2n) is 11.9. The molecule has 49 heavy (non-hydrogen) atoms. The predicted octanol–water partition coefficient (Wildman–Crippen LogP) is 9.66. The first-order valence-electron chi connectivity index (χ1n) is 16.7. The van der Waals surface area contributed by atoms with Crippen molar-refractivity contribution in [1.29, 1.82) is 0 Å². The Labute approximate surface area is 287 Å². The number of aromatic nitrogens is 3. The van der Waals surface area contributed by atoms with E-state index in [4.69, 9.17) is 24.4 Å². The normalized spacial score (nSPS) is 11.7. The second kappa shape index (κ2) is 15.4. The zero-order valence-corrected chi connectivity index (χ0v) is 27.9. The molecule has 1 aromatic heterocycles. The molecule has 0 spiro atoms. The van der Waals surface area contributed by atoms with Crippen LogP contribution in [0.1, 0.15) is 33.6 Å². The maximum Gasteiger partial charge on any atom is 0.347 e. The molecule has 0 saturated carbocycles. The number of nitrogens with zero attached hydrogens (tertiary/aromatic N) is 3. The fourth-order valence-electron chi connectivity index (χ4n) is 5.51. The predicted molar refractivity (Wildman–Crippen MR) is 194 cm³/mol. The summed E-state index contributed by atoms with van der Waals surface area (Å²) in [6, 6.07) is 41.3. The van der Waals surface area contributed by atoms with Gasteiger partial charge in [-0.05, 0) is 47.2 Å². The van der Waals surface area contributed by atoms with Gasteiger partial charge in [-0.1, -0.05) is 136 Å². The molecule has 0 radical (unpaired) electrons.